The minimum Gasteiger partial charge on any atom is -0.368 e. The zero-order valence-electron chi connectivity index (χ0n) is 16.5. The second-order valence-electron chi connectivity index (χ2n) is 8.08. The van der Waals surface area contributed by atoms with Crippen molar-refractivity contribution < 1.29 is 4.79 Å². The summed E-state index contributed by atoms with van der Waals surface area (Å²) >= 11 is 3.67. The number of pyridine rings is 1. The van der Waals surface area contributed by atoms with Crippen molar-refractivity contribution in [3.05, 3.63) is 52.8 Å². The van der Waals surface area contributed by atoms with Crippen molar-refractivity contribution in [3.63, 3.8) is 0 Å². The molecule has 1 saturated heterocycles. The number of nitrogens with zero attached hydrogens (tertiary/aromatic N) is 2. The molecule has 3 aromatic rings. The minimum absolute atomic E-state index is 0. The van der Waals surface area contributed by atoms with Crippen molar-refractivity contribution in [2.45, 2.75) is 31.2 Å². The summed E-state index contributed by atoms with van der Waals surface area (Å²) in [6.45, 7) is 1.75. The molecule has 1 saturated carbocycles. The van der Waals surface area contributed by atoms with Gasteiger partial charge in [0.15, 0.2) is 0 Å². The van der Waals surface area contributed by atoms with Crippen LogP contribution in [0.15, 0.2) is 47.2 Å². The molecule has 0 bridgehead atoms. The first-order chi connectivity index (χ1) is 14.1. The Bertz CT molecular complexity index is 1060. The van der Waals surface area contributed by atoms with Crippen molar-refractivity contribution in [2.75, 3.05) is 23.3 Å². The fraction of sp³-hybridized carbons (Fsp3) is 0.364. The fourth-order valence-corrected chi connectivity index (χ4v) is 5.01. The van der Waals surface area contributed by atoms with Crippen LogP contribution >= 0.6 is 28.3 Å². The Kier molecular flexibility index (Phi) is 6.04. The molecule has 1 amide bonds. The van der Waals surface area contributed by atoms with E-state index >= 15 is 0 Å². The Hall–Kier alpha value is -2.09. The summed E-state index contributed by atoms with van der Waals surface area (Å²) < 4.78 is 0.919. The Morgan fingerprint density at radius 2 is 2.10 bits per heavy atom. The quantitative estimate of drug-likeness (QED) is 0.505. The number of H-pyrrole nitrogens is 1. The summed E-state index contributed by atoms with van der Waals surface area (Å²) in [6, 6.07) is 10.4. The molecule has 1 aliphatic carbocycles. The van der Waals surface area contributed by atoms with E-state index in [0.29, 0.717) is 5.92 Å². The molecule has 158 valence electrons. The maximum atomic E-state index is 12.9. The van der Waals surface area contributed by atoms with Crippen LogP contribution < -0.4 is 16.0 Å². The molecule has 6 nitrogen and oxygen atoms in total. The lowest BCUT2D eigenvalue weighted by Crippen LogP contribution is -2.43. The molecule has 2 fully saturated rings. The summed E-state index contributed by atoms with van der Waals surface area (Å²) in [5.41, 5.74) is 10.1. The molecule has 1 aliphatic heterocycles. The van der Waals surface area contributed by atoms with E-state index in [9.17, 15) is 4.79 Å². The summed E-state index contributed by atoms with van der Waals surface area (Å²) in [6.07, 6.45) is 6.65. The van der Waals surface area contributed by atoms with Gasteiger partial charge in [-0.2, -0.15) is 0 Å². The van der Waals surface area contributed by atoms with Gasteiger partial charge in [-0.05, 0) is 46.7 Å². The predicted octanol–water partition coefficient (Wildman–Crippen LogP) is 4.42. The third-order valence-corrected chi connectivity index (χ3v) is 6.60. The van der Waals surface area contributed by atoms with E-state index in [1.165, 1.54) is 5.56 Å². The number of benzene rings is 1. The number of rotatable bonds is 4. The average Bonchev–Trinajstić information content (AvgIpc) is 3.44. The fourth-order valence-electron chi connectivity index (χ4n) is 4.46. The van der Waals surface area contributed by atoms with Crippen LogP contribution in [0.1, 0.15) is 30.7 Å². The topological polar surface area (TPSA) is 87.0 Å². The molecule has 3 heterocycles. The average molecular weight is 491 g/mol. The van der Waals surface area contributed by atoms with Crippen LogP contribution in [-0.2, 0) is 4.79 Å². The Labute approximate surface area is 190 Å². The molecule has 5 rings (SSSR count). The second kappa shape index (κ2) is 8.57. The van der Waals surface area contributed by atoms with E-state index < -0.39 is 0 Å². The van der Waals surface area contributed by atoms with Gasteiger partial charge < -0.3 is 20.9 Å². The van der Waals surface area contributed by atoms with E-state index in [1.807, 2.05) is 30.6 Å². The van der Waals surface area contributed by atoms with E-state index in [4.69, 9.17) is 5.73 Å². The summed E-state index contributed by atoms with van der Waals surface area (Å²) in [4.78, 5) is 22.9. The molecular weight excluding hydrogens is 466 g/mol. The number of carbonyl (C=O) groups is 1. The van der Waals surface area contributed by atoms with Gasteiger partial charge in [0.25, 0.3) is 0 Å². The number of aromatic nitrogens is 2. The van der Waals surface area contributed by atoms with Gasteiger partial charge in [0.1, 0.15) is 5.65 Å². The molecule has 30 heavy (non-hydrogen) atoms. The first kappa shape index (κ1) is 21.2. The van der Waals surface area contributed by atoms with Crippen LogP contribution in [0.25, 0.3) is 11.0 Å². The number of aromatic amines is 1. The highest BCUT2D eigenvalue weighted by Crippen LogP contribution is 2.48. The smallest absolute Gasteiger partial charge is 0.228 e. The Balaban J connectivity index is 0.00000218. The summed E-state index contributed by atoms with van der Waals surface area (Å²) in [5, 5.41) is 4.10. The highest BCUT2D eigenvalue weighted by atomic mass is 79.9. The number of nitrogens with one attached hydrogen (secondary N) is 2. The Morgan fingerprint density at radius 3 is 2.87 bits per heavy atom. The monoisotopic (exact) mass is 489 g/mol. The van der Waals surface area contributed by atoms with Crippen molar-refractivity contribution in [1.29, 1.82) is 0 Å². The van der Waals surface area contributed by atoms with Gasteiger partial charge in [0.05, 0.1) is 21.2 Å². The second-order valence-corrected chi connectivity index (χ2v) is 8.93. The van der Waals surface area contributed by atoms with Gasteiger partial charge in [-0.25, -0.2) is 4.98 Å². The van der Waals surface area contributed by atoms with Gasteiger partial charge >= 0.3 is 0 Å². The van der Waals surface area contributed by atoms with Crippen LogP contribution in [0.5, 0.6) is 0 Å². The number of amides is 1. The molecular formula is C22H25BrClN5O. The number of anilines is 2. The lowest BCUT2D eigenvalue weighted by Gasteiger charge is -2.33. The number of halogens is 2. The van der Waals surface area contributed by atoms with Gasteiger partial charge in [0.2, 0.25) is 5.91 Å². The molecule has 1 aromatic carbocycles. The van der Waals surface area contributed by atoms with Crippen LogP contribution in [-0.4, -0.2) is 35.0 Å². The van der Waals surface area contributed by atoms with E-state index in [2.05, 4.69) is 48.2 Å². The number of hydrogen-bond acceptors (Lipinski definition) is 4. The molecule has 0 radical (unpaired) electrons. The first-order valence-electron chi connectivity index (χ1n) is 10.1. The predicted molar refractivity (Wildman–Crippen MR) is 126 cm³/mol. The molecule has 8 heteroatoms. The lowest BCUT2D eigenvalue weighted by atomic mass is 10.1. The minimum atomic E-state index is 0. The van der Waals surface area contributed by atoms with Crippen molar-refractivity contribution in [2.24, 2.45) is 11.7 Å². The van der Waals surface area contributed by atoms with Gasteiger partial charge in [-0.1, -0.05) is 30.3 Å². The number of carbonyl (C=O) groups excluding carboxylic acids is 1. The highest BCUT2D eigenvalue weighted by molar-refractivity contribution is 9.10. The zero-order chi connectivity index (χ0) is 20.0. The molecule has 3 atom stereocenters. The SMILES string of the molecule is Cl.N[C@@H]1CCCN(c2c(Br)cnc3[nH]cc(NC(=O)[C@@H]4C[C@H]4c4ccccc4)c23)C1. The van der Waals surface area contributed by atoms with E-state index in [0.717, 1.165) is 59.2 Å². The number of fused-ring (bicyclic) bond motifs is 1. The number of piperidine rings is 1. The van der Waals surface area contributed by atoms with E-state index in [1.54, 1.807) is 0 Å². The summed E-state index contributed by atoms with van der Waals surface area (Å²) in [7, 11) is 0. The van der Waals surface area contributed by atoms with Crippen LogP contribution in [0.2, 0.25) is 0 Å². The van der Waals surface area contributed by atoms with Crippen molar-refractivity contribution in [1.82, 2.24) is 9.97 Å². The van der Waals surface area contributed by atoms with Gasteiger partial charge in [-0.3, -0.25) is 4.79 Å². The van der Waals surface area contributed by atoms with Crippen LogP contribution in [0, 0.1) is 5.92 Å². The molecule has 0 spiro atoms. The lowest BCUT2D eigenvalue weighted by molar-refractivity contribution is -0.117. The van der Waals surface area contributed by atoms with Crippen molar-refractivity contribution >= 4 is 56.7 Å². The normalized spacial score (nSPS) is 23.1. The van der Waals surface area contributed by atoms with Gasteiger partial charge in [0, 0.05) is 37.4 Å². The first-order valence-corrected chi connectivity index (χ1v) is 10.9. The molecule has 0 unspecified atom stereocenters. The largest absolute Gasteiger partial charge is 0.368 e. The van der Waals surface area contributed by atoms with Crippen molar-refractivity contribution in [3.8, 4) is 0 Å². The molecule has 2 aliphatic rings. The number of nitrogens with two attached hydrogens (primary N) is 1. The zero-order valence-corrected chi connectivity index (χ0v) is 18.9. The molecule has 2 aromatic heterocycles. The van der Waals surface area contributed by atoms with Gasteiger partial charge in [-0.15, -0.1) is 12.4 Å². The van der Waals surface area contributed by atoms with Crippen LogP contribution in [0.3, 0.4) is 0 Å². The van der Waals surface area contributed by atoms with Crippen LogP contribution in [0.4, 0.5) is 11.4 Å². The maximum Gasteiger partial charge on any atom is 0.228 e. The standard InChI is InChI=1S/C22H24BrN5O.ClH/c23-17-10-25-21-19(20(17)28-8-4-7-14(24)12-28)18(11-26-21)27-22(29)16-9-15(16)13-5-2-1-3-6-13;/h1-3,5-6,10-11,14-16H,4,7-9,12,24H2,(H,25,26)(H,27,29);1H/t14-,15+,16-;/m1./s1. The summed E-state index contributed by atoms with van der Waals surface area (Å²) in [5.74, 6) is 0.404. The molecule has 4 N–H and O–H groups in total. The third-order valence-electron chi connectivity index (χ3n) is 6.02. The van der Waals surface area contributed by atoms with E-state index in [-0.39, 0.29) is 30.3 Å². The Morgan fingerprint density at radius 1 is 1.30 bits per heavy atom. The number of hydrogen-bond donors (Lipinski definition) is 3. The third kappa shape index (κ3) is 3.94. The maximum absolute atomic E-state index is 12.9. The highest BCUT2D eigenvalue weighted by Gasteiger charge is 2.44.